The molecule has 1 unspecified atom stereocenters. The summed E-state index contributed by atoms with van der Waals surface area (Å²) in [6.45, 7) is 3.35. The maximum absolute atomic E-state index is 12.3. The predicted molar refractivity (Wildman–Crippen MR) is 95.6 cm³/mol. The third-order valence-corrected chi connectivity index (χ3v) is 4.96. The summed E-state index contributed by atoms with van der Waals surface area (Å²) < 4.78 is 7.58. The highest BCUT2D eigenvalue weighted by Gasteiger charge is 2.32. The Morgan fingerprint density at radius 3 is 2.92 bits per heavy atom. The number of para-hydroxylation sites is 1. The van der Waals surface area contributed by atoms with Gasteiger partial charge in [-0.25, -0.2) is 0 Å². The minimum absolute atomic E-state index is 0.0250. The standard InChI is InChI=1S/C19H23N3O3/c23-18-7-8-22(17-4-2-1-3-16(17)18)13-19(24)20-11-15-12-21(9-10-25-15)14-5-6-14/h1-4,7-8,14-15H,5-6,9-13H2,(H,20,24). The Labute approximate surface area is 146 Å². The van der Waals surface area contributed by atoms with Crippen molar-refractivity contribution in [2.75, 3.05) is 26.2 Å². The molecule has 1 amide bonds. The summed E-state index contributed by atoms with van der Waals surface area (Å²) in [5, 5.41) is 3.60. The van der Waals surface area contributed by atoms with Crippen molar-refractivity contribution in [2.24, 2.45) is 0 Å². The molecule has 2 heterocycles. The molecule has 1 aromatic heterocycles. The number of pyridine rings is 1. The molecule has 25 heavy (non-hydrogen) atoms. The topological polar surface area (TPSA) is 63.6 Å². The zero-order valence-corrected chi connectivity index (χ0v) is 14.2. The summed E-state index contributed by atoms with van der Waals surface area (Å²) >= 11 is 0. The second kappa shape index (κ2) is 6.98. The van der Waals surface area contributed by atoms with E-state index in [0.717, 1.165) is 31.3 Å². The van der Waals surface area contributed by atoms with E-state index in [2.05, 4.69) is 10.2 Å². The van der Waals surface area contributed by atoms with E-state index in [0.29, 0.717) is 11.9 Å². The van der Waals surface area contributed by atoms with E-state index in [1.54, 1.807) is 12.3 Å². The van der Waals surface area contributed by atoms with Crippen molar-refractivity contribution >= 4 is 16.8 Å². The number of carbonyl (C=O) groups excluding carboxylic acids is 1. The van der Waals surface area contributed by atoms with Crippen LogP contribution >= 0.6 is 0 Å². The molecule has 1 saturated carbocycles. The van der Waals surface area contributed by atoms with E-state index >= 15 is 0 Å². The Morgan fingerprint density at radius 1 is 1.24 bits per heavy atom. The van der Waals surface area contributed by atoms with Crippen LogP contribution in [0.5, 0.6) is 0 Å². The second-order valence-corrected chi connectivity index (χ2v) is 6.85. The molecular formula is C19H23N3O3. The number of rotatable bonds is 5. The normalized spacial score (nSPS) is 21.4. The number of ether oxygens (including phenoxy) is 1. The molecule has 1 saturated heterocycles. The number of aromatic nitrogens is 1. The number of morpholine rings is 1. The van der Waals surface area contributed by atoms with Crippen LogP contribution in [0.2, 0.25) is 0 Å². The summed E-state index contributed by atoms with van der Waals surface area (Å²) in [6.07, 6.45) is 4.32. The molecule has 132 valence electrons. The molecule has 4 rings (SSSR count). The van der Waals surface area contributed by atoms with Crippen LogP contribution in [0.1, 0.15) is 12.8 Å². The summed E-state index contributed by atoms with van der Waals surface area (Å²) in [7, 11) is 0. The molecular weight excluding hydrogens is 318 g/mol. The highest BCUT2D eigenvalue weighted by molar-refractivity contribution is 5.82. The molecule has 1 aliphatic carbocycles. The van der Waals surface area contributed by atoms with Crippen LogP contribution in [0.4, 0.5) is 0 Å². The fourth-order valence-corrected chi connectivity index (χ4v) is 3.47. The van der Waals surface area contributed by atoms with E-state index in [4.69, 9.17) is 4.74 Å². The number of nitrogens with one attached hydrogen (secondary N) is 1. The molecule has 0 bridgehead atoms. The van der Waals surface area contributed by atoms with Crippen LogP contribution in [0.25, 0.3) is 10.9 Å². The minimum Gasteiger partial charge on any atom is -0.374 e. The van der Waals surface area contributed by atoms with E-state index < -0.39 is 0 Å². The van der Waals surface area contributed by atoms with Crippen molar-refractivity contribution in [3.05, 3.63) is 46.8 Å². The number of nitrogens with zero attached hydrogens (tertiary/aromatic N) is 2. The third-order valence-electron chi connectivity index (χ3n) is 4.96. The smallest absolute Gasteiger partial charge is 0.240 e. The van der Waals surface area contributed by atoms with Gasteiger partial charge in [0.2, 0.25) is 5.91 Å². The first-order valence-corrected chi connectivity index (χ1v) is 8.91. The number of fused-ring (bicyclic) bond motifs is 1. The number of hydrogen-bond donors (Lipinski definition) is 1. The molecule has 1 atom stereocenters. The van der Waals surface area contributed by atoms with Crippen molar-refractivity contribution < 1.29 is 9.53 Å². The molecule has 2 aromatic rings. The number of carbonyl (C=O) groups is 1. The number of amides is 1. The van der Waals surface area contributed by atoms with Gasteiger partial charge in [-0.15, -0.1) is 0 Å². The molecule has 1 aliphatic heterocycles. The van der Waals surface area contributed by atoms with Gasteiger partial charge >= 0.3 is 0 Å². The molecule has 0 spiro atoms. The van der Waals surface area contributed by atoms with Gasteiger partial charge in [-0.1, -0.05) is 12.1 Å². The monoisotopic (exact) mass is 341 g/mol. The second-order valence-electron chi connectivity index (χ2n) is 6.85. The van der Waals surface area contributed by atoms with Gasteiger partial charge in [0, 0.05) is 43.3 Å². The van der Waals surface area contributed by atoms with Gasteiger partial charge in [0.05, 0.1) is 18.2 Å². The predicted octanol–water partition coefficient (Wildman–Crippen LogP) is 0.981. The van der Waals surface area contributed by atoms with E-state index in [1.807, 2.05) is 22.8 Å². The van der Waals surface area contributed by atoms with Gasteiger partial charge in [-0.2, -0.15) is 0 Å². The average molecular weight is 341 g/mol. The summed E-state index contributed by atoms with van der Waals surface area (Å²) in [4.78, 5) is 26.7. The van der Waals surface area contributed by atoms with Crippen LogP contribution in [-0.2, 0) is 16.1 Å². The third kappa shape index (κ3) is 3.75. The molecule has 1 aromatic carbocycles. The largest absolute Gasteiger partial charge is 0.374 e. The Hall–Kier alpha value is -2.18. The Kier molecular flexibility index (Phi) is 4.55. The summed E-state index contributed by atoms with van der Waals surface area (Å²) in [6, 6.07) is 9.59. The molecule has 2 aliphatic rings. The molecule has 2 fully saturated rings. The average Bonchev–Trinajstić information content (AvgIpc) is 3.48. The minimum atomic E-state index is -0.0686. The van der Waals surface area contributed by atoms with Crippen molar-refractivity contribution in [2.45, 2.75) is 31.5 Å². The zero-order valence-electron chi connectivity index (χ0n) is 14.2. The first-order valence-electron chi connectivity index (χ1n) is 8.91. The van der Waals surface area contributed by atoms with Crippen molar-refractivity contribution in [3.63, 3.8) is 0 Å². The fraction of sp³-hybridized carbons (Fsp3) is 0.474. The molecule has 6 nitrogen and oxygen atoms in total. The maximum atomic E-state index is 12.3. The lowest BCUT2D eigenvalue weighted by molar-refractivity contribution is -0.122. The first kappa shape index (κ1) is 16.3. The Morgan fingerprint density at radius 2 is 2.08 bits per heavy atom. The van der Waals surface area contributed by atoms with E-state index in [1.165, 1.54) is 18.9 Å². The van der Waals surface area contributed by atoms with Gasteiger partial charge in [0.25, 0.3) is 0 Å². The quantitative estimate of drug-likeness (QED) is 0.881. The lowest BCUT2D eigenvalue weighted by atomic mass is 10.2. The van der Waals surface area contributed by atoms with Crippen molar-refractivity contribution in [3.8, 4) is 0 Å². The van der Waals surface area contributed by atoms with Crippen LogP contribution in [0, 0.1) is 0 Å². The van der Waals surface area contributed by atoms with E-state index in [-0.39, 0.29) is 24.0 Å². The Bertz CT molecular complexity index is 828. The van der Waals surface area contributed by atoms with Gasteiger partial charge in [-0.05, 0) is 25.0 Å². The van der Waals surface area contributed by atoms with Gasteiger partial charge in [0.15, 0.2) is 5.43 Å². The molecule has 6 heteroatoms. The summed E-state index contributed by atoms with van der Waals surface area (Å²) in [5.74, 6) is -0.0686. The van der Waals surface area contributed by atoms with Crippen LogP contribution in [0.15, 0.2) is 41.3 Å². The molecule has 0 radical (unpaired) electrons. The number of hydrogen-bond acceptors (Lipinski definition) is 4. The molecule has 1 N–H and O–H groups in total. The lowest BCUT2D eigenvalue weighted by Gasteiger charge is -2.33. The summed E-state index contributed by atoms with van der Waals surface area (Å²) in [5.41, 5.74) is 0.752. The lowest BCUT2D eigenvalue weighted by Crippen LogP contribution is -2.48. The first-order chi connectivity index (χ1) is 12.2. The fourth-order valence-electron chi connectivity index (χ4n) is 3.47. The van der Waals surface area contributed by atoms with Gasteiger partial charge < -0.3 is 14.6 Å². The SMILES string of the molecule is O=C(Cn1ccc(=O)c2ccccc21)NCC1CN(C2CC2)CCO1. The van der Waals surface area contributed by atoms with Gasteiger partial charge in [-0.3, -0.25) is 14.5 Å². The van der Waals surface area contributed by atoms with E-state index in [9.17, 15) is 9.59 Å². The van der Waals surface area contributed by atoms with Crippen LogP contribution in [-0.4, -0.2) is 53.8 Å². The van der Waals surface area contributed by atoms with Crippen LogP contribution < -0.4 is 10.7 Å². The highest BCUT2D eigenvalue weighted by atomic mass is 16.5. The van der Waals surface area contributed by atoms with Gasteiger partial charge in [0.1, 0.15) is 6.54 Å². The van der Waals surface area contributed by atoms with Crippen LogP contribution in [0.3, 0.4) is 0 Å². The highest BCUT2D eigenvalue weighted by Crippen LogP contribution is 2.28. The Balaban J connectivity index is 1.36. The van der Waals surface area contributed by atoms with Crippen molar-refractivity contribution in [1.82, 2.24) is 14.8 Å². The van der Waals surface area contributed by atoms with Crippen molar-refractivity contribution in [1.29, 1.82) is 0 Å². The maximum Gasteiger partial charge on any atom is 0.240 e. The number of benzene rings is 1. The zero-order chi connectivity index (χ0) is 17.2.